The standard InChI is InChI=1S/C21H22N2O3S3/c1-13(2)18(19(25)22-10-9-14-5-7-15(24)8-6-14)23-20(26)17(29-21(23)27)12-16-4-3-11-28-16/h3-8,11-13,18,24H,9-10H2,1-2H3,(H,22,25)/b17-12+. The minimum Gasteiger partial charge on any atom is -0.508 e. The average Bonchev–Trinajstić information content (AvgIpc) is 3.27. The number of thioether (sulfide) groups is 1. The molecule has 0 saturated carbocycles. The van der Waals surface area contributed by atoms with Crippen molar-refractivity contribution in [2.75, 3.05) is 6.54 Å². The first-order chi connectivity index (χ1) is 13.9. The van der Waals surface area contributed by atoms with Crippen LogP contribution in [0.25, 0.3) is 6.08 Å². The molecule has 1 atom stereocenters. The monoisotopic (exact) mass is 446 g/mol. The Morgan fingerprint density at radius 3 is 2.62 bits per heavy atom. The molecule has 152 valence electrons. The number of carbonyl (C=O) groups excluding carboxylic acids is 2. The van der Waals surface area contributed by atoms with Crippen molar-refractivity contribution in [3.63, 3.8) is 0 Å². The number of hydrogen-bond donors (Lipinski definition) is 2. The predicted molar refractivity (Wildman–Crippen MR) is 123 cm³/mol. The van der Waals surface area contributed by atoms with Gasteiger partial charge < -0.3 is 10.4 Å². The van der Waals surface area contributed by atoms with E-state index in [-0.39, 0.29) is 23.5 Å². The Labute approximate surface area is 183 Å². The van der Waals surface area contributed by atoms with Crippen LogP contribution in [0.5, 0.6) is 5.75 Å². The summed E-state index contributed by atoms with van der Waals surface area (Å²) in [5.41, 5.74) is 1.01. The largest absolute Gasteiger partial charge is 0.508 e. The Morgan fingerprint density at radius 1 is 1.28 bits per heavy atom. The molecule has 0 bridgehead atoms. The highest BCUT2D eigenvalue weighted by Crippen LogP contribution is 2.36. The molecule has 1 aliphatic rings. The van der Waals surface area contributed by atoms with E-state index in [0.717, 1.165) is 10.4 Å². The maximum atomic E-state index is 13.0. The third kappa shape index (κ3) is 5.26. The molecule has 1 aromatic heterocycles. The van der Waals surface area contributed by atoms with Gasteiger partial charge in [-0.05, 0) is 47.6 Å². The quantitative estimate of drug-likeness (QED) is 0.496. The molecule has 2 amide bonds. The number of phenolic OH excluding ortho intramolecular Hbond substituents is 1. The van der Waals surface area contributed by atoms with Gasteiger partial charge in [-0.25, -0.2) is 0 Å². The molecule has 0 radical (unpaired) electrons. The predicted octanol–water partition coefficient (Wildman–Crippen LogP) is 4.04. The molecule has 3 rings (SSSR count). The summed E-state index contributed by atoms with van der Waals surface area (Å²) in [5.74, 6) is -0.317. The lowest BCUT2D eigenvalue weighted by Gasteiger charge is -2.29. The summed E-state index contributed by atoms with van der Waals surface area (Å²) in [4.78, 5) is 28.8. The van der Waals surface area contributed by atoms with Crippen LogP contribution in [0.15, 0.2) is 46.7 Å². The molecule has 1 saturated heterocycles. The molecule has 5 nitrogen and oxygen atoms in total. The summed E-state index contributed by atoms with van der Waals surface area (Å²) < 4.78 is 0.408. The van der Waals surface area contributed by atoms with Gasteiger partial charge in [0.2, 0.25) is 5.91 Å². The molecule has 29 heavy (non-hydrogen) atoms. The fourth-order valence-electron chi connectivity index (χ4n) is 3.04. The van der Waals surface area contributed by atoms with Crippen molar-refractivity contribution in [3.05, 3.63) is 57.1 Å². The molecule has 1 fully saturated rings. The lowest BCUT2D eigenvalue weighted by atomic mass is 10.0. The summed E-state index contributed by atoms with van der Waals surface area (Å²) in [6, 6.07) is 10.1. The van der Waals surface area contributed by atoms with E-state index >= 15 is 0 Å². The van der Waals surface area contributed by atoms with E-state index in [9.17, 15) is 14.7 Å². The van der Waals surface area contributed by atoms with Crippen LogP contribution in [0.4, 0.5) is 0 Å². The Bertz CT molecular complexity index is 921. The molecule has 2 aromatic rings. The fourth-order valence-corrected chi connectivity index (χ4v) is 5.09. The van der Waals surface area contributed by atoms with E-state index < -0.39 is 6.04 Å². The summed E-state index contributed by atoms with van der Waals surface area (Å²) in [7, 11) is 0. The number of aromatic hydroxyl groups is 1. The molecule has 2 heterocycles. The van der Waals surface area contributed by atoms with Gasteiger partial charge in [-0.3, -0.25) is 14.5 Å². The maximum absolute atomic E-state index is 13.0. The molecule has 8 heteroatoms. The van der Waals surface area contributed by atoms with Gasteiger partial charge in [0.25, 0.3) is 5.91 Å². The van der Waals surface area contributed by atoms with Crippen LogP contribution in [-0.4, -0.2) is 38.7 Å². The number of thiocarbonyl (C=S) groups is 1. The van der Waals surface area contributed by atoms with Crippen molar-refractivity contribution in [1.29, 1.82) is 0 Å². The van der Waals surface area contributed by atoms with Crippen LogP contribution >= 0.6 is 35.3 Å². The number of amides is 2. The van der Waals surface area contributed by atoms with Gasteiger partial charge in [-0.1, -0.05) is 56.0 Å². The SMILES string of the molecule is CC(C)C(C(=O)NCCc1ccc(O)cc1)N1C(=O)/C(=C\c2cccs2)SC1=S. The number of hydrogen-bond acceptors (Lipinski definition) is 6. The molecule has 1 aliphatic heterocycles. The van der Waals surface area contributed by atoms with E-state index in [1.165, 1.54) is 16.7 Å². The van der Waals surface area contributed by atoms with Crippen LogP contribution in [-0.2, 0) is 16.0 Å². The minimum absolute atomic E-state index is 0.0905. The second-order valence-corrected chi connectivity index (χ2v) is 9.62. The van der Waals surface area contributed by atoms with Crippen LogP contribution in [0.1, 0.15) is 24.3 Å². The highest BCUT2D eigenvalue weighted by molar-refractivity contribution is 8.26. The second kappa shape index (κ2) is 9.56. The van der Waals surface area contributed by atoms with Crippen LogP contribution in [0.2, 0.25) is 0 Å². The first-order valence-electron chi connectivity index (χ1n) is 9.23. The number of nitrogens with one attached hydrogen (secondary N) is 1. The number of benzene rings is 1. The Morgan fingerprint density at radius 2 is 2.00 bits per heavy atom. The lowest BCUT2D eigenvalue weighted by molar-refractivity contribution is -0.134. The van der Waals surface area contributed by atoms with E-state index in [1.54, 1.807) is 23.5 Å². The zero-order valence-electron chi connectivity index (χ0n) is 16.1. The summed E-state index contributed by atoms with van der Waals surface area (Å²) in [6.45, 7) is 4.25. The van der Waals surface area contributed by atoms with Crippen molar-refractivity contribution in [2.45, 2.75) is 26.3 Å². The van der Waals surface area contributed by atoms with Gasteiger partial charge >= 0.3 is 0 Å². The van der Waals surface area contributed by atoms with Gasteiger partial charge in [0, 0.05) is 11.4 Å². The van der Waals surface area contributed by atoms with Gasteiger partial charge in [-0.15, -0.1) is 11.3 Å². The normalized spacial score (nSPS) is 16.7. The zero-order chi connectivity index (χ0) is 21.0. The van der Waals surface area contributed by atoms with Crippen molar-refractivity contribution in [2.24, 2.45) is 5.92 Å². The van der Waals surface area contributed by atoms with Crippen LogP contribution in [0.3, 0.4) is 0 Å². The maximum Gasteiger partial charge on any atom is 0.266 e. The minimum atomic E-state index is -0.656. The third-order valence-electron chi connectivity index (χ3n) is 4.47. The highest BCUT2D eigenvalue weighted by atomic mass is 32.2. The van der Waals surface area contributed by atoms with Crippen molar-refractivity contribution in [1.82, 2.24) is 10.2 Å². The summed E-state index contributed by atoms with van der Waals surface area (Å²) in [5, 5.41) is 14.2. The number of nitrogens with zero attached hydrogens (tertiary/aromatic N) is 1. The van der Waals surface area contributed by atoms with E-state index in [0.29, 0.717) is 22.2 Å². The number of rotatable bonds is 7. The first-order valence-corrected chi connectivity index (χ1v) is 11.3. The number of phenols is 1. The smallest absolute Gasteiger partial charge is 0.266 e. The van der Waals surface area contributed by atoms with Gasteiger partial charge in [0.15, 0.2) is 0 Å². The molecule has 1 aromatic carbocycles. The molecule has 0 aliphatic carbocycles. The fraction of sp³-hybridized carbons (Fsp3) is 0.286. The highest BCUT2D eigenvalue weighted by Gasteiger charge is 2.41. The second-order valence-electron chi connectivity index (χ2n) is 6.96. The van der Waals surface area contributed by atoms with E-state index in [4.69, 9.17) is 12.2 Å². The Hall–Kier alpha value is -2.16. The molecular weight excluding hydrogens is 424 g/mol. The molecule has 2 N–H and O–H groups in total. The zero-order valence-corrected chi connectivity index (χ0v) is 18.6. The summed E-state index contributed by atoms with van der Waals surface area (Å²) in [6.07, 6.45) is 2.46. The molecule has 1 unspecified atom stereocenters. The average molecular weight is 447 g/mol. The van der Waals surface area contributed by atoms with E-state index in [2.05, 4.69) is 5.32 Å². The van der Waals surface area contributed by atoms with Crippen LogP contribution in [0, 0.1) is 5.92 Å². The van der Waals surface area contributed by atoms with Crippen LogP contribution < -0.4 is 5.32 Å². The molecule has 0 spiro atoms. The van der Waals surface area contributed by atoms with Gasteiger partial charge in [-0.2, -0.15) is 0 Å². The third-order valence-corrected chi connectivity index (χ3v) is 6.62. The van der Waals surface area contributed by atoms with E-state index in [1.807, 2.05) is 49.6 Å². The number of thiophene rings is 1. The van der Waals surface area contributed by atoms with Crippen molar-refractivity contribution >= 4 is 57.5 Å². The molecular formula is C21H22N2O3S3. The van der Waals surface area contributed by atoms with Crippen molar-refractivity contribution < 1.29 is 14.7 Å². The topological polar surface area (TPSA) is 69.6 Å². The van der Waals surface area contributed by atoms with Gasteiger partial charge in [0.1, 0.15) is 16.1 Å². The Balaban J connectivity index is 1.68. The summed E-state index contributed by atoms with van der Waals surface area (Å²) >= 11 is 8.22. The van der Waals surface area contributed by atoms with Crippen molar-refractivity contribution in [3.8, 4) is 5.75 Å². The number of carbonyl (C=O) groups is 2. The Kier molecular flexibility index (Phi) is 7.10. The van der Waals surface area contributed by atoms with Gasteiger partial charge in [0.05, 0.1) is 4.91 Å². The first kappa shape index (κ1) is 21.5. The lowest BCUT2D eigenvalue weighted by Crippen LogP contribution is -2.51.